The minimum Gasteiger partial charge on any atom is -0.492 e. The summed E-state index contributed by atoms with van der Waals surface area (Å²) in [6, 6.07) is 6.59. The van der Waals surface area contributed by atoms with Crippen molar-refractivity contribution in [3.05, 3.63) is 29.3 Å². The maximum Gasteiger partial charge on any atom is 0.125 e. The summed E-state index contributed by atoms with van der Waals surface area (Å²) in [5, 5.41) is 9.39. The molecule has 0 radical (unpaired) electrons. The van der Waals surface area contributed by atoms with E-state index >= 15 is 0 Å². The summed E-state index contributed by atoms with van der Waals surface area (Å²) in [6.07, 6.45) is 1.02. The van der Waals surface area contributed by atoms with E-state index in [0.717, 1.165) is 51.5 Å². The molecule has 22 heavy (non-hydrogen) atoms. The van der Waals surface area contributed by atoms with Gasteiger partial charge in [-0.05, 0) is 31.4 Å². The van der Waals surface area contributed by atoms with E-state index in [4.69, 9.17) is 4.74 Å². The molecule has 1 atom stereocenters. The van der Waals surface area contributed by atoms with Crippen LogP contribution in [0.2, 0.25) is 0 Å². The van der Waals surface area contributed by atoms with Crippen molar-refractivity contribution in [3.8, 4) is 5.75 Å². The Morgan fingerprint density at radius 1 is 1.14 bits per heavy atom. The van der Waals surface area contributed by atoms with E-state index in [2.05, 4.69) is 48.8 Å². The Hall–Kier alpha value is -1.10. The molecule has 4 nitrogen and oxygen atoms in total. The van der Waals surface area contributed by atoms with Crippen LogP contribution in [0.25, 0.3) is 0 Å². The monoisotopic (exact) mass is 306 g/mol. The summed E-state index contributed by atoms with van der Waals surface area (Å²) >= 11 is 0. The van der Waals surface area contributed by atoms with Gasteiger partial charge in [0.25, 0.3) is 0 Å². The summed E-state index contributed by atoms with van der Waals surface area (Å²) in [7, 11) is 0. The van der Waals surface area contributed by atoms with Crippen LogP contribution in [-0.2, 0) is 0 Å². The molecular formula is C18H30N2O2. The summed E-state index contributed by atoms with van der Waals surface area (Å²) < 4.78 is 5.99. The molecule has 1 N–H and O–H groups in total. The van der Waals surface area contributed by atoms with E-state index in [0.29, 0.717) is 6.04 Å². The predicted molar refractivity (Wildman–Crippen MR) is 90.6 cm³/mol. The molecule has 124 valence electrons. The number of ether oxygens (including phenoxy) is 1. The van der Waals surface area contributed by atoms with Crippen molar-refractivity contribution in [2.75, 3.05) is 45.9 Å². The topological polar surface area (TPSA) is 35.9 Å². The summed E-state index contributed by atoms with van der Waals surface area (Å²) in [5.74, 6) is 1.03. The van der Waals surface area contributed by atoms with Gasteiger partial charge in [0.1, 0.15) is 12.4 Å². The van der Waals surface area contributed by atoms with Crippen molar-refractivity contribution < 1.29 is 9.84 Å². The summed E-state index contributed by atoms with van der Waals surface area (Å²) in [6.45, 7) is 12.5. The standard InChI is InChI=1S/C18H30N2O2/c1-4-17(14-21)20-10-8-19(9-11-20)12-13-22-18-15(2)6-5-7-16(18)3/h5-7,17,21H,4,8-14H2,1-3H3. The molecular weight excluding hydrogens is 276 g/mol. The summed E-state index contributed by atoms with van der Waals surface area (Å²) in [5.41, 5.74) is 2.41. The second-order valence-electron chi connectivity index (χ2n) is 6.19. The highest BCUT2D eigenvalue weighted by molar-refractivity contribution is 5.39. The second kappa shape index (κ2) is 8.51. The first kappa shape index (κ1) is 17.3. The number of hydrogen-bond donors (Lipinski definition) is 1. The highest BCUT2D eigenvalue weighted by atomic mass is 16.5. The average Bonchev–Trinajstić information content (AvgIpc) is 2.53. The molecule has 4 heteroatoms. The first-order chi connectivity index (χ1) is 10.7. The van der Waals surface area contributed by atoms with Gasteiger partial charge in [0, 0.05) is 38.8 Å². The molecule has 1 unspecified atom stereocenters. The van der Waals surface area contributed by atoms with Crippen LogP contribution in [0, 0.1) is 13.8 Å². The smallest absolute Gasteiger partial charge is 0.125 e. The molecule has 1 aromatic carbocycles. The van der Waals surface area contributed by atoms with Crippen LogP contribution in [0.5, 0.6) is 5.75 Å². The van der Waals surface area contributed by atoms with Gasteiger partial charge in [-0.3, -0.25) is 9.80 Å². The van der Waals surface area contributed by atoms with Gasteiger partial charge in [-0.15, -0.1) is 0 Å². The Kier molecular flexibility index (Phi) is 6.68. The van der Waals surface area contributed by atoms with E-state index in [-0.39, 0.29) is 6.61 Å². The van der Waals surface area contributed by atoms with Crippen molar-refractivity contribution >= 4 is 0 Å². The third-order valence-corrected chi connectivity index (χ3v) is 4.67. The zero-order chi connectivity index (χ0) is 15.9. The largest absolute Gasteiger partial charge is 0.492 e. The highest BCUT2D eigenvalue weighted by Crippen LogP contribution is 2.22. The lowest BCUT2D eigenvalue weighted by molar-refractivity contribution is 0.0583. The molecule has 0 spiro atoms. The molecule has 1 saturated heterocycles. The lowest BCUT2D eigenvalue weighted by atomic mass is 10.1. The van der Waals surface area contributed by atoms with E-state index in [1.165, 1.54) is 11.1 Å². The van der Waals surface area contributed by atoms with Crippen molar-refractivity contribution in [2.24, 2.45) is 0 Å². The van der Waals surface area contributed by atoms with Gasteiger partial charge in [0.15, 0.2) is 0 Å². The number of hydrogen-bond acceptors (Lipinski definition) is 4. The fourth-order valence-electron chi connectivity index (χ4n) is 3.16. The van der Waals surface area contributed by atoms with E-state index < -0.39 is 0 Å². The lowest BCUT2D eigenvalue weighted by Gasteiger charge is -2.38. The van der Waals surface area contributed by atoms with Crippen LogP contribution in [0.15, 0.2) is 18.2 Å². The van der Waals surface area contributed by atoms with Gasteiger partial charge in [-0.1, -0.05) is 25.1 Å². The molecule has 0 aliphatic carbocycles. The predicted octanol–water partition coefficient (Wildman–Crippen LogP) is 2.07. The quantitative estimate of drug-likeness (QED) is 0.836. The van der Waals surface area contributed by atoms with Crippen molar-refractivity contribution in [1.29, 1.82) is 0 Å². The molecule has 0 aromatic heterocycles. The summed E-state index contributed by atoms with van der Waals surface area (Å²) in [4.78, 5) is 4.86. The lowest BCUT2D eigenvalue weighted by Crippen LogP contribution is -2.51. The maximum atomic E-state index is 9.39. The number of aryl methyl sites for hydroxylation is 2. The van der Waals surface area contributed by atoms with Gasteiger partial charge < -0.3 is 9.84 Å². The van der Waals surface area contributed by atoms with Crippen LogP contribution in [-0.4, -0.2) is 66.9 Å². The molecule has 2 rings (SSSR count). The first-order valence-electron chi connectivity index (χ1n) is 8.42. The molecule has 1 aliphatic rings. The molecule has 0 saturated carbocycles. The van der Waals surface area contributed by atoms with Gasteiger partial charge in [0.2, 0.25) is 0 Å². The second-order valence-corrected chi connectivity index (χ2v) is 6.19. The van der Waals surface area contributed by atoms with E-state index in [1.54, 1.807) is 0 Å². The molecule has 0 amide bonds. The highest BCUT2D eigenvalue weighted by Gasteiger charge is 2.21. The number of aliphatic hydroxyl groups is 1. The number of piperazine rings is 1. The third kappa shape index (κ3) is 4.45. The van der Waals surface area contributed by atoms with E-state index in [9.17, 15) is 5.11 Å². The van der Waals surface area contributed by atoms with Crippen molar-refractivity contribution in [1.82, 2.24) is 9.80 Å². The van der Waals surface area contributed by atoms with E-state index in [1.807, 2.05) is 0 Å². The van der Waals surface area contributed by atoms with Crippen LogP contribution < -0.4 is 4.74 Å². The normalized spacial score (nSPS) is 18.4. The Morgan fingerprint density at radius 3 is 2.32 bits per heavy atom. The van der Waals surface area contributed by atoms with Crippen molar-refractivity contribution in [3.63, 3.8) is 0 Å². The Morgan fingerprint density at radius 2 is 1.77 bits per heavy atom. The molecule has 1 aromatic rings. The Labute approximate surface area is 134 Å². The SMILES string of the molecule is CCC(CO)N1CCN(CCOc2c(C)cccc2C)CC1. The van der Waals surface area contributed by atoms with Gasteiger partial charge in [0.05, 0.1) is 6.61 Å². The van der Waals surface area contributed by atoms with Crippen LogP contribution in [0.4, 0.5) is 0 Å². The fraction of sp³-hybridized carbons (Fsp3) is 0.667. The van der Waals surface area contributed by atoms with Crippen molar-refractivity contribution in [2.45, 2.75) is 33.2 Å². The Balaban J connectivity index is 1.73. The van der Waals surface area contributed by atoms with Crippen LogP contribution in [0.1, 0.15) is 24.5 Å². The molecule has 1 heterocycles. The number of para-hydroxylation sites is 1. The fourth-order valence-corrected chi connectivity index (χ4v) is 3.16. The molecule has 0 bridgehead atoms. The minimum absolute atomic E-state index is 0.270. The van der Waals surface area contributed by atoms with Crippen LogP contribution in [0.3, 0.4) is 0 Å². The zero-order valence-electron chi connectivity index (χ0n) is 14.2. The van der Waals surface area contributed by atoms with Crippen LogP contribution >= 0.6 is 0 Å². The van der Waals surface area contributed by atoms with Gasteiger partial charge in [-0.2, -0.15) is 0 Å². The molecule has 1 fully saturated rings. The zero-order valence-corrected chi connectivity index (χ0v) is 14.2. The van der Waals surface area contributed by atoms with Gasteiger partial charge in [-0.25, -0.2) is 0 Å². The third-order valence-electron chi connectivity index (χ3n) is 4.67. The number of benzene rings is 1. The maximum absolute atomic E-state index is 9.39. The first-order valence-corrected chi connectivity index (χ1v) is 8.42. The number of aliphatic hydroxyl groups excluding tert-OH is 1. The molecule has 1 aliphatic heterocycles. The van der Waals surface area contributed by atoms with Gasteiger partial charge >= 0.3 is 0 Å². The number of nitrogens with zero attached hydrogens (tertiary/aromatic N) is 2. The number of rotatable bonds is 7. The average molecular weight is 306 g/mol. The minimum atomic E-state index is 0.270. The Bertz CT molecular complexity index is 432.